The van der Waals surface area contributed by atoms with Crippen LogP contribution in [-0.2, 0) is 30.7 Å². The third-order valence-corrected chi connectivity index (χ3v) is 6.37. The molecule has 1 aliphatic heterocycles. The molecule has 31 heavy (non-hydrogen) atoms. The summed E-state index contributed by atoms with van der Waals surface area (Å²) in [4.78, 5) is 22.8. The van der Waals surface area contributed by atoms with Gasteiger partial charge in [0.15, 0.2) is 5.03 Å². The van der Waals surface area contributed by atoms with E-state index in [9.17, 15) is 13.2 Å². The Bertz CT molecular complexity index is 1150. The predicted octanol–water partition coefficient (Wildman–Crippen LogP) is 2.91. The minimum atomic E-state index is -3.82. The van der Waals surface area contributed by atoms with E-state index in [0.29, 0.717) is 36.7 Å². The second-order valence-corrected chi connectivity index (χ2v) is 8.73. The number of hydrogen-bond acceptors (Lipinski definition) is 7. The van der Waals surface area contributed by atoms with Gasteiger partial charge in [0.05, 0.1) is 17.2 Å². The standard InChI is InChI=1S/C22H21N3O5S/c26-22-16-30-13-5-12-29-15-17-14-18(31(27,28)21-7-2-4-11-24-21)8-9-19(17)25(22)20-6-1-3-10-23-20/h1-4,6-11,14H,5,12-13,15-16H2. The summed E-state index contributed by atoms with van der Waals surface area (Å²) in [6, 6.07) is 14.5. The maximum Gasteiger partial charge on any atom is 0.258 e. The van der Waals surface area contributed by atoms with Crippen molar-refractivity contribution in [2.45, 2.75) is 22.9 Å². The fourth-order valence-corrected chi connectivity index (χ4v) is 4.47. The van der Waals surface area contributed by atoms with E-state index in [4.69, 9.17) is 9.47 Å². The van der Waals surface area contributed by atoms with Crippen LogP contribution >= 0.6 is 0 Å². The Morgan fingerprint density at radius 3 is 2.32 bits per heavy atom. The van der Waals surface area contributed by atoms with Crippen molar-refractivity contribution >= 4 is 27.2 Å². The first-order valence-electron chi connectivity index (χ1n) is 9.76. The molecule has 160 valence electrons. The molecule has 0 radical (unpaired) electrons. The molecule has 1 aromatic carbocycles. The summed E-state index contributed by atoms with van der Waals surface area (Å²) in [6.45, 7) is 0.827. The van der Waals surface area contributed by atoms with Crippen LogP contribution in [0.3, 0.4) is 0 Å². The van der Waals surface area contributed by atoms with Gasteiger partial charge < -0.3 is 9.47 Å². The number of benzene rings is 1. The minimum Gasteiger partial charge on any atom is -0.377 e. The maximum atomic E-state index is 13.1. The fourth-order valence-electron chi connectivity index (χ4n) is 3.23. The Hall–Kier alpha value is -3.14. The van der Waals surface area contributed by atoms with Gasteiger partial charge in [0.1, 0.15) is 12.4 Å². The van der Waals surface area contributed by atoms with Crippen LogP contribution in [0.4, 0.5) is 11.5 Å². The first-order chi connectivity index (χ1) is 15.1. The highest BCUT2D eigenvalue weighted by Crippen LogP contribution is 2.32. The number of fused-ring (bicyclic) bond motifs is 1. The number of ether oxygens (including phenoxy) is 2. The normalized spacial score (nSPS) is 15.7. The van der Waals surface area contributed by atoms with Crippen molar-refractivity contribution in [3.05, 3.63) is 72.6 Å². The van der Waals surface area contributed by atoms with Crippen LogP contribution in [0.15, 0.2) is 76.9 Å². The largest absolute Gasteiger partial charge is 0.377 e. The fraction of sp³-hybridized carbons (Fsp3) is 0.227. The number of rotatable bonds is 3. The molecule has 9 heteroatoms. The lowest BCUT2D eigenvalue weighted by molar-refractivity contribution is -0.122. The molecule has 0 N–H and O–H groups in total. The lowest BCUT2D eigenvalue weighted by Crippen LogP contribution is -2.31. The van der Waals surface area contributed by atoms with E-state index in [1.807, 2.05) is 0 Å². The number of anilines is 2. The molecule has 1 aliphatic rings. The van der Waals surface area contributed by atoms with Gasteiger partial charge in [-0.05, 0) is 48.9 Å². The average Bonchev–Trinajstić information content (AvgIpc) is 2.83. The molecule has 1 amide bonds. The van der Waals surface area contributed by atoms with Gasteiger partial charge in [-0.3, -0.25) is 9.69 Å². The highest BCUT2D eigenvalue weighted by molar-refractivity contribution is 7.91. The number of carbonyl (C=O) groups is 1. The molecule has 3 heterocycles. The second-order valence-electron chi connectivity index (χ2n) is 6.84. The molecule has 0 saturated heterocycles. The molecule has 2 aromatic heterocycles. The first-order valence-corrected chi connectivity index (χ1v) is 11.2. The number of hydrogen-bond donors (Lipinski definition) is 0. The highest BCUT2D eigenvalue weighted by Gasteiger charge is 2.26. The number of aromatic nitrogens is 2. The predicted molar refractivity (Wildman–Crippen MR) is 113 cm³/mol. The summed E-state index contributed by atoms with van der Waals surface area (Å²) in [7, 11) is -3.82. The van der Waals surface area contributed by atoms with Crippen LogP contribution in [0.1, 0.15) is 12.0 Å². The SMILES string of the molecule is O=C1COCCCOCc2cc(S(=O)(=O)c3ccccn3)ccc2N1c1ccccn1. The van der Waals surface area contributed by atoms with Gasteiger partial charge in [-0.2, -0.15) is 0 Å². The van der Waals surface area contributed by atoms with Crippen molar-refractivity contribution in [2.24, 2.45) is 0 Å². The number of nitrogens with zero attached hydrogens (tertiary/aromatic N) is 3. The lowest BCUT2D eigenvalue weighted by atomic mass is 10.1. The molecule has 0 aliphatic carbocycles. The zero-order chi connectivity index (χ0) is 21.7. The third-order valence-electron chi connectivity index (χ3n) is 4.70. The molecule has 0 atom stereocenters. The van der Waals surface area contributed by atoms with Crippen LogP contribution in [0.25, 0.3) is 0 Å². The van der Waals surface area contributed by atoms with Crippen molar-refractivity contribution in [1.29, 1.82) is 0 Å². The zero-order valence-corrected chi connectivity index (χ0v) is 17.5. The Morgan fingerprint density at radius 2 is 1.61 bits per heavy atom. The van der Waals surface area contributed by atoms with Crippen LogP contribution < -0.4 is 4.90 Å². The van der Waals surface area contributed by atoms with Crippen LogP contribution in [0.2, 0.25) is 0 Å². The zero-order valence-electron chi connectivity index (χ0n) is 16.7. The Balaban J connectivity index is 1.83. The number of sulfone groups is 1. The van der Waals surface area contributed by atoms with Crippen molar-refractivity contribution in [3.8, 4) is 0 Å². The Morgan fingerprint density at radius 1 is 0.871 bits per heavy atom. The summed E-state index contributed by atoms with van der Waals surface area (Å²) in [6.07, 6.45) is 3.64. The summed E-state index contributed by atoms with van der Waals surface area (Å²) >= 11 is 0. The number of pyridine rings is 2. The number of amides is 1. The van der Waals surface area contributed by atoms with E-state index >= 15 is 0 Å². The third kappa shape index (κ3) is 4.63. The van der Waals surface area contributed by atoms with Gasteiger partial charge in [-0.15, -0.1) is 0 Å². The van der Waals surface area contributed by atoms with Crippen LogP contribution in [0.5, 0.6) is 0 Å². The number of carbonyl (C=O) groups excluding carboxylic acids is 1. The van der Waals surface area contributed by atoms with Crippen molar-refractivity contribution in [3.63, 3.8) is 0 Å². The Labute approximate surface area is 180 Å². The summed E-state index contributed by atoms with van der Waals surface area (Å²) in [5, 5.41) is -0.0430. The molecule has 3 aromatic rings. The van der Waals surface area contributed by atoms with Gasteiger partial charge in [-0.1, -0.05) is 12.1 Å². The van der Waals surface area contributed by atoms with Gasteiger partial charge in [0.25, 0.3) is 5.91 Å². The van der Waals surface area contributed by atoms with E-state index in [1.165, 1.54) is 29.3 Å². The maximum absolute atomic E-state index is 13.1. The van der Waals surface area contributed by atoms with Crippen LogP contribution in [-0.4, -0.2) is 44.1 Å². The minimum absolute atomic E-state index is 0.0430. The lowest BCUT2D eigenvalue weighted by Gasteiger charge is -2.24. The smallest absolute Gasteiger partial charge is 0.258 e. The molecule has 4 rings (SSSR count). The van der Waals surface area contributed by atoms with Gasteiger partial charge in [-0.25, -0.2) is 18.4 Å². The molecule has 0 spiro atoms. The molecule has 0 bridgehead atoms. The molecular weight excluding hydrogens is 418 g/mol. The van der Waals surface area contributed by atoms with E-state index in [0.717, 1.165) is 0 Å². The van der Waals surface area contributed by atoms with Crippen molar-refractivity contribution in [1.82, 2.24) is 9.97 Å². The summed E-state index contributed by atoms with van der Waals surface area (Å²) in [5.41, 5.74) is 1.05. The molecule has 0 saturated carbocycles. The van der Waals surface area contributed by atoms with Crippen molar-refractivity contribution in [2.75, 3.05) is 24.7 Å². The monoisotopic (exact) mass is 439 g/mol. The molecule has 0 fully saturated rings. The molecule has 0 unspecified atom stereocenters. The topological polar surface area (TPSA) is 98.7 Å². The van der Waals surface area contributed by atoms with Crippen LogP contribution in [0, 0.1) is 0 Å². The van der Waals surface area contributed by atoms with E-state index in [1.54, 1.807) is 42.6 Å². The van der Waals surface area contributed by atoms with Gasteiger partial charge >= 0.3 is 0 Å². The van der Waals surface area contributed by atoms with Crippen molar-refractivity contribution < 1.29 is 22.7 Å². The average molecular weight is 439 g/mol. The van der Waals surface area contributed by atoms with Gasteiger partial charge in [0.2, 0.25) is 9.84 Å². The van der Waals surface area contributed by atoms with E-state index in [-0.39, 0.29) is 29.0 Å². The molecule has 8 nitrogen and oxygen atoms in total. The summed E-state index contributed by atoms with van der Waals surface area (Å²) < 4.78 is 37.3. The first kappa shape index (κ1) is 21.1. The second kappa shape index (κ2) is 9.34. The highest BCUT2D eigenvalue weighted by atomic mass is 32.2. The van der Waals surface area contributed by atoms with E-state index in [2.05, 4.69) is 9.97 Å². The van der Waals surface area contributed by atoms with E-state index < -0.39 is 9.84 Å². The van der Waals surface area contributed by atoms with Gasteiger partial charge in [0, 0.05) is 31.2 Å². The molecular formula is C22H21N3O5S. The Kier molecular flexibility index (Phi) is 6.36. The summed E-state index contributed by atoms with van der Waals surface area (Å²) in [5.74, 6) is 0.110. The quantitative estimate of drug-likeness (QED) is 0.619.